The lowest BCUT2D eigenvalue weighted by Crippen LogP contribution is -2.03. The summed E-state index contributed by atoms with van der Waals surface area (Å²) in [6, 6.07) is 8.28. The van der Waals surface area contributed by atoms with Gasteiger partial charge in [0, 0.05) is 17.2 Å². The molecule has 0 bridgehead atoms. The zero-order valence-electron chi connectivity index (χ0n) is 11.9. The standard InChI is InChI=1S/C17H21N/c1-10-11(2)13(4)17(12(10)3)16-9-7-6-8-15(16)14(5)18/h6-9,12,18H,1-5H3. The first-order valence-corrected chi connectivity index (χ1v) is 6.48. The Hall–Kier alpha value is -1.63. The van der Waals surface area contributed by atoms with Gasteiger partial charge in [0.1, 0.15) is 0 Å². The molecule has 1 aliphatic carbocycles. The molecule has 0 aliphatic heterocycles. The minimum atomic E-state index is 0.463. The van der Waals surface area contributed by atoms with E-state index < -0.39 is 0 Å². The fourth-order valence-electron chi connectivity index (χ4n) is 2.84. The molecule has 1 aromatic carbocycles. The van der Waals surface area contributed by atoms with Crippen molar-refractivity contribution in [2.24, 2.45) is 5.92 Å². The van der Waals surface area contributed by atoms with Crippen molar-refractivity contribution in [1.82, 2.24) is 0 Å². The lowest BCUT2D eigenvalue weighted by atomic mass is 9.88. The quantitative estimate of drug-likeness (QED) is 0.714. The zero-order chi connectivity index (χ0) is 13.4. The molecule has 94 valence electrons. The van der Waals surface area contributed by atoms with Gasteiger partial charge >= 0.3 is 0 Å². The number of hydrogen-bond acceptors (Lipinski definition) is 1. The average Bonchev–Trinajstić information content (AvgIpc) is 2.54. The van der Waals surface area contributed by atoms with E-state index in [9.17, 15) is 0 Å². The predicted octanol–water partition coefficient (Wildman–Crippen LogP) is 4.83. The van der Waals surface area contributed by atoms with Gasteiger partial charge in [-0.15, -0.1) is 0 Å². The van der Waals surface area contributed by atoms with E-state index >= 15 is 0 Å². The highest BCUT2D eigenvalue weighted by Gasteiger charge is 2.26. The summed E-state index contributed by atoms with van der Waals surface area (Å²) in [6.07, 6.45) is 0. The third-order valence-corrected chi connectivity index (χ3v) is 4.26. The van der Waals surface area contributed by atoms with E-state index in [2.05, 4.69) is 39.8 Å². The second kappa shape index (κ2) is 4.56. The molecule has 1 atom stereocenters. The molecular weight excluding hydrogens is 218 g/mol. The van der Waals surface area contributed by atoms with Crippen LogP contribution in [0.15, 0.2) is 41.0 Å². The van der Waals surface area contributed by atoms with E-state index in [0.717, 1.165) is 5.56 Å². The Morgan fingerprint density at radius 3 is 2.17 bits per heavy atom. The minimum absolute atomic E-state index is 0.463. The summed E-state index contributed by atoms with van der Waals surface area (Å²) >= 11 is 0. The Morgan fingerprint density at radius 2 is 1.67 bits per heavy atom. The van der Waals surface area contributed by atoms with Crippen molar-refractivity contribution in [2.45, 2.75) is 34.6 Å². The smallest absolute Gasteiger partial charge is 0.0361 e. The van der Waals surface area contributed by atoms with Crippen LogP contribution in [0.25, 0.3) is 5.57 Å². The lowest BCUT2D eigenvalue weighted by Gasteiger charge is -2.16. The van der Waals surface area contributed by atoms with Gasteiger partial charge in [-0.25, -0.2) is 0 Å². The Morgan fingerprint density at radius 1 is 1.06 bits per heavy atom. The summed E-state index contributed by atoms with van der Waals surface area (Å²) in [4.78, 5) is 0. The van der Waals surface area contributed by atoms with Crippen LogP contribution >= 0.6 is 0 Å². The molecule has 0 fully saturated rings. The predicted molar refractivity (Wildman–Crippen MR) is 79.1 cm³/mol. The number of allylic oxidation sites excluding steroid dienone is 4. The Labute approximate surface area is 110 Å². The Balaban J connectivity index is 2.63. The van der Waals surface area contributed by atoms with E-state index in [0.29, 0.717) is 11.6 Å². The number of nitrogens with one attached hydrogen (secondary N) is 1. The highest BCUT2D eigenvalue weighted by molar-refractivity contribution is 6.02. The monoisotopic (exact) mass is 239 g/mol. The van der Waals surface area contributed by atoms with Crippen molar-refractivity contribution in [3.8, 4) is 0 Å². The van der Waals surface area contributed by atoms with Crippen LogP contribution in [-0.4, -0.2) is 5.71 Å². The van der Waals surface area contributed by atoms with Crippen molar-refractivity contribution >= 4 is 11.3 Å². The van der Waals surface area contributed by atoms with E-state index in [4.69, 9.17) is 5.41 Å². The van der Waals surface area contributed by atoms with Gasteiger partial charge in [-0.05, 0) is 50.0 Å². The summed E-state index contributed by atoms with van der Waals surface area (Å²) in [5.41, 5.74) is 8.57. The van der Waals surface area contributed by atoms with Gasteiger partial charge in [-0.2, -0.15) is 0 Å². The summed E-state index contributed by atoms with van der Waals surface area (Å²) in [5, 5.41) is 7.94. The maximum atomic E-state index is 7.94. The van der Waals surface area contributed by atoms with Crippen LogP contribution in [-0.2, 0) is 0 Å². The summed E-state index contributed by atoms with van der Waals surface area (Å²) in [7, 11) is 0. The SMILES string of the molecule is CC(=N)c1ccccc1C1=C(C)C(C)=C(C)C1C. The van der Waals surface area contributed by atoms with Gasteiger partial charge in [0.25, 0.3) is 0 Å². The minimum Gasteiger partial charge on any atom is -0.305 e. The molecule has 0 saturated carbocycles. The molecule has 0 saturated heterocycles. The molecule has 0 heterocycles. The maximum Gasteiger partial charge on any atom is 0.0361 e. The maximum absolute atomic E-state index is 7.94. The molecule has 0 amide bonds. The first-order chi connectivity index (χ1) is 8.45. The Bertz CT molecular complexity index is 573. The molecule has 0 spiro atoms. The summed E-state index contributed by atoms with van der Waals surface area (Å²) < 4.78 is 0. The van der Waals surface area contributed by atoms with Crippen LogP contribution in [0.3, 0.4) is 0 Å². The molecule has 0 radical (unpaired) electrons. The molecule has 18 heavy (non-hydrogen) atoms. The van der Waals surface area contributed by atoms with Crippen LogP contribution < -0.4 is 0 Å². The summed E-state index contributed by atoms with van der Waals surface area (Å²) in [5.74, 6) is 0.463. The number of rotatable bonds is 2. The topological polar surface area (TPSA) is 23.9 Å². The van der Waals surface area contributed by atoms with Crippen LogP contribution in [0.4, 0.5) is 0 Å². The van der Waals surface area contributed by atoms with Crippen LogP contribution in [0, 0.1) is 11.3 Å². The van der Waals surface area contributed by atoms with Gasteiger partial charge < -0.3 is 5.41 Å². The van der Waals surface area contributed by atoms with Gasteiger partial charge in [0.05, 0.1) is 0 Å². The van der Waals surface area contributed by atoms with Crippen LogP contribution in [0.1, 0.15) is 45.7 Å². The highest BCUT2D eigenvalue weighted by atomic mass is 14.4. The lowest BCUT2D eigenvalue weighted by molar-refractivity contribution is 0.894. The molecule has 2 rings (SSSR count). The molecule has 1 nitrogen and oxygen atoms in total. The third-order valence-electron chi connectivity index (χ3n) is 4.26. The van der Waals surface area contributed by atoms with Crippen LogP contribution in [0.5, 0.6) is 0 Å². The van der Waals surface area contributed by atoms with Gasteiger partial charge in [0.2, 0.25) is 0 Å². The van der Waals surface area contributed by atoms with Gasteiger partial charge in [0.15, 0.2) is 0 Å². The van der Waals surface area contributed by atoms with Crippen molar-refractivity contribution in [2.75, 3.05) is 0 Å². The van der Waals surface area contributed by atoms with Crippen molar-refractivity contribution in [1.29, 1.82) is 5.41 Å². The second-order valence-corrected chi connectivity index (χ2v) is 5.24. The van der Waals surface area contributed by atoms with E-state index in [1.165, 1.54) is 27.9 Å². The fourth-order valence-corrected chi connectivity index (χ4v) is 2.84. The normalized spacial score (nSPS) is 19.7. The molecule has 1 aliphatic rings. The zero-order valence-corrected chi connectivity index (χ0v) is 11.9. The number of hydrogen-bond donors (Lipinski definition) is 1. The summed E-state index contributed by atoms with van der Waals surface area (Å²) in [6.45, 7) is 10.8. The fraction of sp³-hybridized carbons (Fsp3) is 0.353. The highest BCUT2D eigenvalue weighted by Crippen LogP contribution is 2.43. The van der Waals surface area contributed by atoms with Crippen molar-refractivity contribution in [3.63, 3.8) is 0 Å². The molecular formula is C17H21N. The van der Waals surface area contributed by atoms with Crippen LogP contribution in [0.2, 0.25) is 0 Å². The van der Waals surface area contributed by atoms with E-state index in [1.807, 2.05) is 19.1 Å². The van der Waals surface area contributed by atoms with Crippen molar-refractivity contribution in [3.05, 3.63) is 52.1 Å². The Kier molecular flexibility index (Phi) is 3.25. The van der Waals surface area contributed by atoms with Gasteiger partial charge in [-0.3, -0.25) is 0 Å². The third kappa shape index (κ3) is 1.84. The number of benzene rings is 1. The average molecular weight is 239 g/mol. The first-order valence-electron chi connectivity index (χ1n) is 6.48. The van der Waals surface area contributed by atoms with Gasteiger partial charge in [-0.1, -0.05) is 36.8 Å². The van der Waals surface area contributed by atoms with E-state index in [-0.39, 0.29) is 0 Å². The first kappa shape index (κ1) is 12.8. The second-order valence-electron chi connectivity index (χ2n) is 5.24. The molecule has 1 N–H and O–H groups in total. The molecule has 1 aromatic rings. The molecule has 1 heteroatoms. The largest absolute Gasteiger partial charge is 0.305 e. The van der Waals surface area contributed by atoms with E-state index in [1.54, 1.807) is 0 Å². The van der Waals surface area contributed by atoms with Crippen molar-refractivity contribution < 1.29 is 0 Å². The molecule has 0 aromatic heterocycles. The molecule has 1 unspecified atom stereocenters.